The third kappa shape index (κ3) is 1.74. The van der Waals surface area contributed by atoms with E-state index in [1.165, 1.54) is 25.2 Å². The van der Waals surface area contributed by atoms with Gasteiger partial charge >= 0.3 is 5.97 Å². The lowest BCUT2D eigenvalue weighted by Crippen LogP contribution is -2.26. The van der Waals surface area contributed by atoms with Gasteiger partial charge in [0.1, 0.15) is 0 Å². The molecule has 0 aromatic carbocycles. The number of nitro groups is 1. The summed E-state index contributed by atoms with van der Waals surface area (Å²) in [6, 6.07) is 0. The van der Waals surface area contributed by atoms with E-state index in [4.69, 9.17) is 5.11 Å². The number of nitrogens with zero attached hydrogens (tertiary/aromatic N) is 1. The summed E-state index contributed by atoms with van der Waals surface area (Å²) in [5.74, 6) is -0.970. The molecule has 0 aromatic rings. The van der Waals surface area contributed by atoms with Crippen LogP contribution >= 0.6 is 0 Å². The van der Waals surface area contributed by atoms with Crippen LogP contribution in [-0.2, 0) is 4.79 Å². The monoisotopic (exact) mass is 183 g/mol. The van der Waals surface area contributed by atoms with E-state index < -0.39 is 16.3 Å². The summed E-state index contributed by atoms with van der Waals surface area (Å²) in [6.45, 7) is 1.53. The minimum absolute atomic E-state index is 0.0428. The quantitative estimate of drug-likeness (QED) is 0.515. The predicted octanol–water partition coefficient (Wildman–Crippen LogP) is 1.20. The van der Waals surface area contributed by atoms with E-state index in [9.17, 15) is 14.9 Å². The molecule has 13 heavy (non-hydrogen) atoms. The molecule has 1 unspecified atom stereocenters. The van der Waals surface area contributed by atoms with Gasteiger partial charge in [-0.15, -0.1) is 0 Å². The van der Waals surface area contributed by atoms with Gasteiger partial charge in [-0.05, 0) is 19.4 Å². The van der Waals surface area contributed by atoms with Crippen LogP contribution in [0.25, 0.3) is 0 Å². The lowest BCUT2D eigenvalue weighted by Gasteiger charge is -2.20. The van der Waals surface area contributed by atoms with E-state index in [-0.39, 0.29) is 12.1 Å². The Kier molecular flexibility index (Phi) is 2.18. The number of aliphatic carboxylic acids is 1. The maximum Gasteiger partial charge on any atom is 0.313 e. The molecular weight excluding hydrogens is 174 g/mol. The molecule has 5 heteroatoms. The lowest BCUT2D eigenvalue weighted by molar-refractivity contribution is -0.419. The third-order valence-electron chi connectivity index (χ3n) is 2.06. The van der Waals surface area contributed by atoms with Crippen molar-refractivity contribution in [3.8, 4) is 0 Å². The molecule has 0 amide bonds. The standard InChI is InChI=1S/C8H9NO4/c1-8(7(10)11)4-2-6(3-5-8)9(12)13/h2-4H,5H2,1H3,(H,10,11). The largest absolute Gasteiger partial charge is 0.481 e. The molecular formula is C8H9NO4. The molecule has 0 bridgehead atoms. The fourth-order valence-electron chi connectivity index (χ4n) is 1.02. The van der Waals surface area contributed by atoms with Crippen LogP contribution in [0.15, 0.2) is 23.9 Å². The van der Waals surface area contributed by atoms with Gasteiger partial charge in [-0.3, -0.25) is 14.9 Å². The van der Waals surface area contributed by atoms with Crippen LogP contribution < -0.4 is 0 Å². The van der Waals surface area contributed by atoms with E-state index in [1.54, 1.807) is 0 Å². The summed E-state index contributed by atoms with van der Waals surface area (Å²) in [7, 11) is 0. The Morgan fingerprint density at radius 3 is 2.69 bits per heavy atom. The molecule has 1 aliphatic rings. The minimum atomic E-state index is -1.00. The first-order chi connectivity index (χ1) is 5.96. The van der Waals surface area contributed by atoms with Gasteiger partial charge in [0.2, 0.25) is 0 Å². The second-order valence-corrected chi connectivity index (χ2v) is 3.15. The molecule has 0 fully saturated rings. The van der Waals surface area contributed by atoms with Gasteiger partial charge in [-0.1, -0.05) is 6.08 Å². The average Bonchev–Trinajstić information content (AvgIpc) is 2.04. The number of rotatable bonds is 2. The van der Waals surface area contributed by atoms with Crippen molar-refractivity contribution in [1.29, 1.82) is 0 Å². The van der Waals surface area contributed by atoms with E-state index >= 15 is 0 Å². The van der Waals surface area contributed by atoms with Crippen LogP contribution in [0.2, 0.25) is 0 Å². The SMILES string of the molecule is CC1(C(=O)O)C=CC([N+](=O)[O-])=CC1. The molecule has 5 nitrogen and oxygen atoms in total. The smallest absolute Gasteiger partial charge is 0.313 e. The van der Waals surface area contributed by atoms with Crippen molar-refractivity contribution in [3.05, 3.63) is 34.0 Å². The number of allylic oxidation sites excluding steroid dienone is 2. The Hall–Kier alpha value is -1.65. The lowest BCUT2D eigenvalue weighted by atomic mass is 9.83. The zero-order valence-electron chi connectivity index (χ0n) is 7.06. The normalized spacial score (nSPS) is 26.7. The summed E-state index contributed by atoms with van der Waals surface area (Å²) in [4.78, 5) is 20.4. The summed E-state index contributed by atoms with van der Waals surface area (Å²) < 4.78 is 0. The number of carbonyl (C=O) groups is 1. The maximum absolute atomic E-state index is 10.7. The van der Waals surface area contributed by atoms with Crippen molar-refractivity contribution in [3.63, 3.8) is 0 Å². The highest BCUT2D eigenvalue weighted by Gasteiger charge is 2.32. The fourth-order valence-corrected chi connectivity index (χ4v) is 1.02. The molecule has 1 atom stereocenters. The summed E-state index contributed by atoms with van der Waals surface area (Å²) in [6.07, 6.45) is 4.08. The van der Waals surface area contributed by atoms with Gasteiger partial charge < -0.3 is 5.11 Å². The van der Waals surface area contributed by atoms with Gasteiger partial charge in [0.25, 0.3) is 5.70 Å². The average molecular weight is 183 g/mol. The Balaban J connectivity index is 2.85. The van der Waals surface area contributed by atoms with Crippen LogP contribution in [0.3, 0.4) is 0 Å². The van der Waals surface area contributed by atoms with Gasteiger partial charge in [0.15, 0.2) is 0 Å². The zero-order valence-corrected chi connectivity index (χ0v) is 7.06. The molecule has 1 rings (SSSR count). The Morgan fingerprint density at radius 1 is 1.77 bits per heavy atom. The van der Waals surface area contributed by atoms with Gasteiger partial charge in [-0.25, -0.2) is 0 Å². The zero-order chi connectivity index (χ0) is 10.1. The van der Waals surface area contributed by atoms with Crippen molar-refractivity contribution in [1.82, 2.24) is 0 Å². The van der Waals surface area contributed by atoms with E-state index in [0.29, 0.717) is 0 Å². The highest BCUT2D eigenvalue weighted by atomic mass is 16.6. The molecule has 0 aliphatic heterocycles. The van der Waals surface area contributed by atoms with Crippen LogP contribution in [0.5, 0.6) is 0 Å². The summed E-state index contributed by atoms with van der Waals surface area (Å²) >= 11 is 0. The molecule has 0 saturated carbocycles. The second kappa shape index (κ2) is 3.01. The molecule has 1 aliphatic carbocycles. The number of carboxylic acids is 1. The number of hydrogen-bond donors (Lipinski definition) is 1. The van der Waals surface area contributed by atoms with E-state index in [2.05, 4.69) is 0 Å². The van der Waals surface area contributed by atoms with Crippen molar-refractivity contribution >= 4 is 5.97 Å². The first-order valence-corrected chi connectivity index (χ1v) is 3.73. The molecule has 70 valence electrons. The third-order valence-corrected chi connectivity index (χ3v) is 2.06. The van der Waals surface area contributed by atoms with Gasteiger partial charge in [-0.2, -0.15) is 0 Å². The highest BCUT2D eigenvalue weighted by Crippen LogP contribution is 2.29. The molecule has 0 spiro atoms. The maximum atomic E-state index is 10.7. The van der Waals surface area contributed by atoms with Crippen molar-refractivity contribution in [2.24, 2.45) is 5.41 Å². The van der Waals surface area contributed by atoms with Crippen LogP contribution in [-0.4, -0.2) is 16.0 Å². The summed E-state index contributed by atoms with van der Waals surface area (Å²) in [5.41, 5.74) is -1.04. The predicted molar refractivity (Wildman–Crippen MR) is 44.6 cm³/mol. The summed E-state index contributed by atoms with van der Waals surface area (Å²) in [5, 5.41) is 19.0. The van der Waals surface area contributed by atoms with Gasteiger partial charge in [0, 0.05) is 6.08 Å². The van der Waals surface area contributed by atoms with E-state index in [0.717, 1.165) is 0 Å². The minimum Gasteiger partial charge on any atom is -0.481 e. The highest BCUT2D eigenvalue weighted by molar-refractivity contribution is 5.77. The molecule has 0 aromatic heterocycles. The first-order valence-electron chi connectivity index (χ1n) is 3.73. The first kappa shape index (κ1) is 9.44. The molecule has 0 saturated heterocycles. The number of hydrogen-bond acceptors (Lipinski definition) is 3. The topological polar surface area (TPSA) is 80.4 Å². The fraction of sp³-hybridized carbons (Fsp3) is 0.375. The Bertz CT molecular complexity index is 318. The van der Waals surface area contributed by atoms with Crippen LogP contribution in [0, 0.1) is 15.5 Å². The Morgan fingerprint density at radius 2 is 2.38 bits per heavy atom. The van der Waals surface area contributed by atoms with Crippen molar-refractivity contribution in [2.45, 2.75) is 13.3 Å². The Labute approximate surface area is 74.5 Å². The van der Waals surface area contributed by atoms with Gasteiger partial charge in [0.05, 0.1) is 10.3 Å². The molecule has 1 N–H and O–H groups in total. The van der Waals surface area contributed by atoms with Crippen molar-refractivity contribution < 1.29 is 14.8 Å². The van der Waals surface area contributed by atoms with E-state index in [1.807, 2.05) is 0 Å². The van der Waals surface area contributed by atoms with Crippen molar-refractivity contribution in [2.75, 3.05) is 0 Å². The molecule has 0 heterocycles. The molecule has 0 radical (unpaired) electrons. The van der Waals surface area contributed by atoms with Crippen LogP contribution in [0.4, 0.5) is 0 Å². The second-order valence-electron chi connectivity index (χ2n) is 3.15. The number of carboxylic acid groups (broad SMARTS) is 1. The van der Waals surface area contributed by atoms with Crippen LogP contribution in [0.1, 0.15) is 13.3 Å².